The van der Waals surface area contributed by atoms with Crippen LogP contribution in [-0.4, -0.2) is 51.2 Å². The summed E-state index contributed by atoms with van der Waals surface area (Å²) in [4.78, 5) is 14.4. The third-order valence-electron chi connectivity index (χ3n) is 4.00. The van der Waals surface area contributed by atoms with Crippen molar-refractivity contribution in [2.75, 3.05) is 26.0 Å². The Morgan fingerprint density at radius 1 is 1.35 bits per heavy atom. The van der Waals surface area contributed by atoms with E-state index < -0.39 is 10.0 Å². The summed E-state index contributed by atoms with van der Waals surface area (Å²) < 4.78 is 31.0. The SMILES string of the molecule is CS(=O)(=O)NC1CCCN(C(=O)C2=Cc3ccccc3OC2)C1. The quantitative estimate of drug-likeness (QED) is 0.894. The van der Waals surface area contributed by atoms with Crippen molar-refractivity contribution < 1.29 is 17.9 Å². The Balaban J connectivity index is 1.72. The number of benzene rings is 1. The third-order valence-corrected chi connectivity index (χ3v) is 4.76. The molecule has 0 aliphatic carbocycles. The number of sulfonamides is 1. The predicted octanol–water partition coefficient (Wildman–Crippen LogP) is 1.00. The van der Waals surface area contributed by atoms with E-state index in [2.05, 4.69) is 4.72 Å². The van der Waals surface area contributed by atoms with Crippen LogP contribution in [0.5, 0.6) is 5.75 Å². The van der Waals surface area contributed by atoms with Gasteiger partial charge in [-0.1, -0.05) is 18.2 Å². The molecule has 2 heterocycles. The van der Waals surface area contributed by atoms with Crippen molar-refractivity contribution >= 4 is 22.0 Å². The van der Waals surface area contributed by atoms with E-state index in [0.717, 1.165) is 30.4 Å². The molecule has 0 saturated carbocycles. The summed E-state index contributed by atoms with van der Waals surface area (Å²) in [6, 6.07) is 7.36. The zero-order chi connectivity index (χ0) is 16.4. The lowest BCUT2D eigenvalue weighted by Crippen LogP contribution is -2.50. The highest BCUT2D eigenvalue weighted by atomic mass is 32.2. The molecule has 3 rings (SSSR count). The Morgan fingerprint density at radius 2 is 2.13 bits per heavy atom. The molecule has 7 heteroatoms. The first-order valence-corrected chi connectivity index (χ1v) is 9.50. The molecule has 2 aliphatic rings. The fourth-order valence-electron chi connectivity index (χ4n) is 3.00. The van der Waals surface area contributed by atoms with Gasteiger partial charge in [0.1, 0.15) is 12.4 Å². The second-order valence-corrected chi connectivity index (χ2v) is 7.76. The molecule has 0 aromatic heterocycles. The second kappa shape index (κ2) is 6.33. The zero-order valence-corrected chi connectivity index (χ0v) is 13.8. The van der Waals surface area contributed by atoms with Gasteiger partial charge in [0.05, 0.1) is 11.8 Å². The van der Waals surface area contributed by atoms with Gasteiger partial charge in [-0.15, -0.1) is 0 Å². The number of amides is 1. The molecule has 124 valence electrons. The van der Waals surface area contributed by atoms with Crippen LogP contribution in [0.1, 0.15) is 18.4 Å². The van der Waals surface area contributed by atoms with Crippen molar-refractivity contribution in [2.24, 2.45) is 0 Å². The molecule has 1 atom stereocenters. The van der Waals surface area contributed by atoms with Crippen LogP contribution in [0, 0.1) is 0 Å². The molecular weight excluding hydrogens is 316 g/mol. The minimum Gasteiger partial charge on any atom is -0.488 e. The van der Waals surface area contributed by atoms with E-state index in [-0.39, 0.29) is 18.6 Å². The first kappa shape index (κ1) is 16.0. The molecule has 1 fully saturated rings. The van der Waals surface area contributed by atoms with Crippen LogP contribution >= 0.6 is 0 Å². The van der Waals surface area contributed by atoms with Gasteiger partial charge in [0.15, 0.2) is 0 Å². The molecule has 1 amide bonds. The van der Waals surface area contributed by atoms with Gasteiger partial charge >= 0.3 is 0 Å². The Morgan fingerprint density at radius 3 is 2.91 bits per heavy atom. The topological polar surface area (TPSA) is 75.7 Å². The first-order chi connectivity index (χ1) is 10.9. The summed E-state index contributed by atoms with van der Waals surface area (Å²) in [5.41, 5.74) is 1.49. The number of likely N-dealkylation sites (tertiary alicyclic amines) is 1. The summed E-state index contributed by atoms with van der Waals surface area (Å²) in [5.74, 6) is 0.693. The molecule has 0 spiro atoms. The smallest absolute Gasteiger partial charge is 0.253 e. The number of para-hydroxylation sites is 1. The number of piperidine rings is 1. The standard InChI is InChI=1S/C16H20N2O4S/c1-23(20,21)17-14-6-4-8-18(10-14)16(19)13-9-12-5-2-3-7-15(12)22-11-13/h2-3,5,7,9,14,17H,4,6,8,10-11H2,1H3. The van der Waals surface area contributed by atoms with Crippen molar-refractivity contribution in [1.29, 1.82) is 0 Å². The number of nitrogens with one attached hydrogen (secondary N) is 1. The number of nitrogens with zero attached hydrogens (tertiary/aromatic N) is 1. The van der Waals surface area contributed by atoms with Gasteiger partial charge in [0, 0.05) is 24.7 Å². The first-order valence-electron chi connectivity index (χ1n) is 7.61. The number of ether oxygens (including phenoxy) is 1. The van der Waals surface area contributed by atoms with E-state index in [0.29, 0.717) is 18.7 Å². The summed E-state index contributed by atoms with van der Waals surface area (Å²) in [6.45, 7) is 1.28. The minimum atomic E-state index is -3.26. The fourth-order valence-corrected chi connectivity index (χ4v) is 3.80. The molecule has 23 heavy (non-hydrogen) atoms. The van der Waals surface area contributed by atoms with E-state index in [1.807, 2.05) is 30.3 Å². The van der Waals surface area contributed by atoms with Crippen molar-refractivity contribution in [2.45, 2.75) is 18.9 Å². The van der Waals surface area contributed by atoms with Crippen LogP contribution in [0.15, 0.2) is 29.8 Å². The van der Waals surface area contributed by atoms with Gasteiger partial charge in [-0.05, 0) is 25.0 Å². The second-order valence-electron chi connectivity index (χ2n) is 5.98. The van der Waals surface area contributed by atoms with Gasteiger partial charge in [-0.3, -0.25) is 4.79 Å². The lowest BCUT2D eigenvalue weighted by atomic mass is 10.0. The average Bonchev–Trinajstić information content (AvgIpc) is 2.52. The molecule has 0 bridgehead atoms. The summed E-state index contributed by atoms with van der Waals surface area (Å²) in [7, 11) is -3.26. The van der Waals surface area contributed by atoms with Crippen LogP contribution in [0.3, 0.4) is 0 Å². The average molecular weight is 336 g/mol. The van der Waals surface area contributed by atoms with Crippen molar-refractivity contribution in [3.05, 3.63) is 35.4 Å². The Hall–Kier alpha value is -1.86. The van der Waals surface area contributed by atoms with Gasteiger partial charge in [-0.25, -0.2) is 13.1 Å². The van der Waals surface area contributed by atoms with E-state index in [1.54, 1.807) is 4.90 Å². The number of fused-ring (bicyclic) bond motifs is 1. The molecule has 1 saturated heterocycles. The number of carbonyl (C=O) groups excluding carboxylic acids is 1. The van der Waals surface area contributed by atoms with Gasteiger partial charge in [0.25, 0.3) is 5.91 Å². The highest BCUT2D eigenvalue weighted by Crippen LogP contribution is 2.27. The van der Waals surface area contributed by atoms with Crippen LogP contribution in [0.25, 0.3) is 6.08 Å². The number of hydrogen-bond donors (Lipinski definition) is 1. The van der Waals surface area contributed by atoms with Crippen LogP contribution in [-0.2, 0) is 14.8 Å². The fraction of sp³-hybridized carbons (Fsp3) is 0.438. The van der Waals surface area contributed by atoms with Crippen molar-refractivity contribution in [3.63, 3.8) is 0 Å². The summed E-state index contributed by atoms with van der Waals surface area (Å²) in [6.07, 6.45) is 4.52. The highest BCUT2D eigenvalue weighted by molar-refractivity contribution is 7.88. The molecule has 2 aliphatic heterocycles. The predicted molar refractivity (Wildman–Crippen MR) is 87.5 cm³/mol. The molecule has 1 aromatic carbocycles. The van der Waals surface area contributed by atoms with Gasteiger partial charge in [0.2, 0.25) is 10.0 Å². The summed E-state index contributed by atoms with van der Waals surface area (Å²) in [5, 5.41) is 0. The highest BCUT2D eigenvalue weighted by Gasteiger charge is 2.28. The number of carbonyl (C=O) groups is 1. The van der Waals surface area contributed by atoms with Crippen LogP contribution in [0.2, 0.25) is 0 Å². The maximum Gasteiger partial charge on any atom is 0.253 e. The molecule has 1 unspecified atom stereocenters. The normalized spacial score (nSPS) is 21.2. The van der Waals surface area contributed by atoms with E-state index in [9.17, 15) is 13.2 Å². The largest absolute Gasteiger partial charge is 0.488 e. The number of hydrogen-bond acceptors (Lipinski definition) is 4. The molecule has 0 radical (unpaired) electrons. The monoisotopic (exact) mass is 336 g/mol. The lowest BCUT2D eigenvalue weighted by molar-refractivity contribution is -0.128. The zero-order valence-electron chi connectivity index (χ0n) is 13.0. The Bertz CT molecular complexity index is 742. The maximum atomic E-state index is 12.7. The molecule has 6 nitrogen and oxygen atoms in total. The molecule has 1 aromatic rings. The Kier molecular flexibility index (Phi) is 4.41. The lowest BCUT2D eigenvalue weighted by Gasteiger charge is -2.33. The van der Waals surface area contributed by atoms with E-state index in [4.69, 9.17) is 4.74 Å². The minimum absolute atomic E-state index is 0.0838. The van der Waals surface area contributed by atoms with Gasteiger partial charge < -0.3 is 9.64 Å². The number of rotatable bonds is 3. The van der Waals surface area contributed by atoms with Crippen LogP contribution in [0.4, 0.5) is 0 Å². The van der Waals surface area contributed by atoms with Gasteiger partial charge in [-0.2, -0.15) is 0 Å². The third kappa shape index (κ3) is 3.92. The summed E-state index contributed by atoms with van der Waals surface area (Å²) >= 11 is 0. The van der Waals surface area contributed by atoms with Crippen molar-refractivity contribution in [1.82, 2.24) is 9.62 Å². The van der Waals surface area contributed by atoms with E-state index >= 15 is 0 Å². The molecule has 1 N–H and O–H groups in total. The van der Waals surface area contributed by atoms with Crippen LogP contribution < -0.4 is 9.46 Å². The Labute approximate surface area is 136 Å². The van der Waals surface area contributed by atoms with Crippen molar-refractivity contribution in [3.8, 4) is 5.75 Å². The molecular formula is C16H20N2O4S. The van der Waals surface area contributed by atoms with E-state index in [1.165, 1.54) is 0 Å². The maximum absolute atomic E-state index is 12.7.